The zero-order chi connectivity index (χ0) is 19.3. The summed E-state index contributed by atoms with van der Waals surface area (Å²) in [7, 11) is 0. The topological polar surface area (TPSA) is 60.5 Å². The predicted octanol–water partition coefficient (Wildman–Crippen LogP) is 3.73. The number of nitrogens with one attached hydrogen (secondary N) is 1. The molecule has 0 radical (unpaired) electrons. The predicted molar refractivity (Wildman–Crippen MR) is 100 cm³/mol. The monoisotopic (exact) mass is 372 g/mol. The van der Waals surface area contributed by atoms with E-state index in [4.69, 9.17) is 9.47 Å². The molecule has 0 spiro atoms. The number of hydrogen-bond acceptors (Lipinski definition) is 4. The average Bonchev–Trinajstić information content (AvgIpc) is 2.64. The first-order valence-corrected chi connectivity index (χ1v) is 9.17. The van der Waals surface area contributed by atoms with Crippen LogP contribution in [-0.4, -0.2) is 29.6 Å². The van der Waals surface area contributed by atoms with Gasteiger partial charge in [0.25, 0.3) is 5.91 Å². The first-order valence-electron chi connectivity index (χ1n) is 9.17. The molecule has 1 aliphatic heterocycles. The van der Waals surface area contributed by atoms with Crippen LogP contribution in [0, 0.1) is 11.7 Å². The standard InChI is InChI=1S/C21H25FN2O3/c1-21(2)11-15(8-9-27-21)12-24-20(25)16-6-7-18(23-13-16)14-26-19-5-3-4-17(22)10-19/h3-7,10,13,15H,8-9,11-12,14H2,1-2H3,(H,24,25). The van der Waals surface area contributed by atoms with Gasteiger partial charge in [-0.2, -0.15) is 0 Å². The lowest BCUT2D eigenvalue weighted by Crippen LogP contribution is -2.39. The number of aromatic nitrogens is 1. The molecule has 3 rings (SSSR count). The number of halogens is 1. The fourth-order valence-electron chi connectivity index (χ4n) is 3.23. The summed E-state index contributed by atoms with van der Waals surface area (Å²) in [4.78, 5) is 16.6. The maximum atomic E-state index is 13.1. The molecule has 2 aromatic rings. The van der Waals surface area contributed by atoms with Crippen LogP contribution in [0.15, 0.2) is 42.6 Å². The van der Waals surface area contributed by atoms with Crippen LogP contribution in [0.5, 0.6) is 5.75 Å². The van der Waals surface area contributed by atoms with E-state index in [1.54, 1.807) is 24.3 Å². The van der Waals surface area contributed by atoms with Gasteiger partial charge in [-0.05, 0) is 56.9 Å². The minimum Gasteiger partial charge on any atom is -0.487 e. The Labute approximate surface area is 158 Å². The molecule has 5 nitrogen and oxygen atoms in total. The van der Waals surface area contributed by atoms with Crippen molar-refractivity contribution in [3.05, 3.63) is 59.7 Å². The molecule has 1 fully saturated rings. The number of carbonyl (C=O) groups is 1. The summed E-state index contributed by atoms with van der Waals surface area (Å²) >= 11 is 0. The van der Waals surface area contributed by atoms with Gasteiger partial charge >= 0.3 is 0 Å². The highest BCUT2D eigenvalue weighted by Gasteiger charge is 2.28. The van der Waals surface area contributed by atoms with Crippen molar-refractivity contribution in [2.45, 2.75) is 38.9 Å². The molecule has 0 saturated carbocycles. The third kappa shape index (κ3) is 5.76. The van der Waals surface area contributed by atoms with Crippen molar-refractivity contribution < 1.29 is 18.7 Å². The Balaban J connectivity index is 1.48. The van der Waals surface area contributed by atoms with Crippen LogP contribution in [0.1, 0.15) is 42.7 Å². The van der Waals surface area contributed by atoms with Gasteiger partial charge in [-0.25, -0.2) is 4.39 Å². The normalized spacial score (nSPS) is 18.7. The van der Waals surface area contributed by atoms with E-state index >= 15 is 0 Å². The molecule has 6 heteroatoms. The Morgan fingerprint density at radius 2 is 2.22 bits per heavy atom. The number of ether oxygens (including phenoxy) is 2. The zero-order valence-electron chi connectivity index (χ0n) is 15.7. The molecule has 1 saturated heterocycles. The first-order chi connectivity index (χ1) is 12.9. The van der Waals surface area contributed by atoms with Crippen molar-refractivity contribution in [2.24, 2.45) is 5.92 Å². The highest BCUT2D eigenvalue weighted by molar-refractivity contribution is 5.93. The summed E-state index contributed by atoms with van der Waals surface area (Å²) in [5.41, 5.74) is 1.05. The number of benzene rings is 1. The van der Waals surface area contributed by atoms with E-state index in [1.807, 2.05) is 0 Å². The zero-order valence-corrected chi connectivity index (χ0v) is 15.7. The molecule has 0 bridgehead atoms. The smallest absolute Gasteiger partial charge is 0.252 e. The molecule has 27 heavy (non-hydrogen) atoms. The summed E-state index contributed by atoms with van der Waals surface area (Å²) < 4.78 is 24.3. The van der Waals surface area contributed by atoms with Crippen molar-refractivity contribution in [1.82, 2.24) is 10.3 Å². The highest BCUT2D eigenvalue weighted by atomic mass is 19.1. The second-order valence-corrected chi connectivity index (χ2v) is 7.46. The minimum absolute atomic E-state index is 0.126. The second kappa shape index (κ2) is 8.48. The number of pyridine rings is 1. The Bertz CT molecular complexity index is 777. The van der Waals surface area contributed by atoms with E-state index in [0.29, 0.717) is 29.5 Å². The Morgan fingerprint density at radius 1 is 1.37 bits per heavy atom. The van der Waals surface area contributed by atoms with Crippen LogP contribution in [0.3, 0.4) is 0 Å². The van der Waals surface area contributed by atoms with Gasteiger partial charge in [0.05, 0.1) is 16.9 Å². The third-order valence-corrected chi connectivity index (χ3v) is 4.62. The number of hydrogen-bond donors (Lipinski definition) is 1. The van der Waals surface area contributed by atoms with Crippen LogP contribution in [0.2, 0.25) is 0 Å². The van der Waals surface area contributed by atoms with Gasteiger partial charge in [-0.1, -0.05) is 6.07 Å². The van der Waals surface area contributed by atoms with Gasteiger partial charge in [0.2, 0.25) is 0 Å². The van der Waals surface area contributed by atoms with Gasteiger partial charge < -0.3 is 14.8 Å². The molecular weight excluding hydrogens is 347 g/mol. The fraction of sp³-hybridized carbons (Fsp3) is 0.429. The summed E-state index contributed by atoms with van der Waals surface area (Å²) in [6.07, 6.45) is 3.42. The summed E-state index contributed by atoms with van der Waals surface area (Å²) in [6, 6.07) is 9.42. The molecule has 1 N–H and O–H groups in total. The van der Waals surface area contributed by atoms with Crippen LogP contribution < -0.4 is 10.1 Å². The number of rotatable bonds is 6. The van der Waals surface area contributed by atoms with Crippen molar-refractivity contribution in [2.75, 3.05) is 13.2 Å². The summed E-state index contributed by atoms with van der Waals surface area (Å²) in [5.74, 6) is 0.382. The van der Waals surface area contributed by atoms with Crippen LogP contribution in [0.4, 0.5) is 4.39 Å². The van der Waals surface area contributed by atoms with Gasteiger partial charge in [0.15, 0.2) is 0 Å². The van der Waals surface area contributed by atoms with Crippen LogP contribution >= 0.6 is 0 Å². The van der Waals surface area contributed by atoms with Gasteiger partial charge in [0, 0.05) is 25.4 Å². The largest absolute Gasteiger partial charge is 0.487 e. The molecule has 1 amide bonds. The van der Waals surface area contributed by atoms with Crippen LogP contribution in [0.25, 0.3) is 0 Å². The molecule has 144 valence electrons. The Kier molecular flexibility index (Phi) is 6.06. The molecule has 2 heterocycles. The van der Waals surface area contributed by atoms with Gasteiger partial charge in [-0.15, -0.1) is 0 Å². The van der Waals surface area contributed by atoms with Crippen molar-refractivity contribution in [1.29, 1.82) is 0 Å². The molecule has 1 unspecified atom stereocenters. The molecule has 1 aromatic heterocycles. The second-order valence-electron chi connectivity index (χ2n) is 7.46. The Hall–Kier alpha value is -2.47. The van der Waals surface area contributed by atoms with Gasteiger partial charge in [-0.3, -0.25) is 9.78 Å². The van der Waals surface area contributed by atoms with E-state index in [-0.39, 0.29) is 23.9 Å². The van der Waals surface area contributed by atoms with E-state index in [2.05, 4.69) is 24.1 Å². The average molecular weight is 372 g/mol. The summed E-state index contributed by atoms with van der Waals surface area (Å²) in [5, 5.41) is 2.98. The SMILES string of the molecule is CC1(C)CC(CNC(=O)c2ccc(COc3cccc(F)c3)nc2)CCO1. The maximum absolute atomic E-state index is 13.1. The molecular formula is C21H25FN2O3. The van der Waals surface area contributed by atoms with Crippen molar-refractivity contribution >= 4 is 5.91 Å². The van der Waals surface area contributed by atoms with Crippen molar-refractivity contribution in [3.8, 4) is 5.75 Å². The first kappa shape index (κ1) is 19.3. The molecule has 1 aliphatic rings. The van der Waals surface area contributed by atoms with E-state index in [1.165, 1.54) is 18.3 Å². The van der Waals surface area contributed by atoms with Crippen LogP contribution in [-0.2, 0) is 11.3 Å². The fourth-order valence-corrected chi connectivity index (χ4v) is 3.23. The van der Waals surface area contributed by atoms with E-state index in [0.717, 1.165) is 19.4 Å². The molecule has 1 atom stereocenters. The maximum Gasteiger partial charge on any atom is 0.252 e. The lowest BCUT2D eigenvalue weighted by Gasteiger charge is -2.35. The third-order valence-electron chi connectivity index (χ3n) is 4.62. The van der Waals surface area contributed by atoms with E-state index in [9.17, 15) is 9.18 Å². The lowest BCUT2D eigenvalue weighted by molar-refractivity contribution is -0.0715. The quantitative estimate of drug-likeness (QED) is 0.839. The van der Waals surface area contributed by atoms with Gasteiger partial charge in [0.1, 0.15) is 18.2 Å². The number of carbonyl (C=O) groups excluding carboxylic acids is 1. The number of nitrogens with zero attached hydrogens (tertiary/aromatic N) is 1. The lowest BCUT2D eigenvalue weighted by atomic mass is 9.88. The van der Waals surface area contributed by atoms with E-state index < -0.39 is 0 Å². The number of amides is 1. The highest BCUT2D eigenvalue weighted by Crippen LogP contribution is 2.28. The van der Waals surface area contributed by atoms with Crippen molar-refractivity contribution in [3.63, 3.8) is 0 Å². The molecule has 0 aliphatic carbocycles. The summed E-state index contributed by atoms with van der Waals surface area (Å²) in [6.45, 7) is 5.73. The Morgan fingerprint density at radius 3 is 2.93 bits per heavy atom. The molecule has 1 aromatic carbocycles. The minimum atomic E-state index is -0.347.